The molecule has 3 N–H and O–H groups in total. The van der Waals surface area contributed by atoms with Crippen molar-refractivity contribution in [2.24, 2.45) is 5.16 Å². The molecule has 12 nitrogen and oxygen atoms in total. The van der Waals surface area contributed by atoms with Crippen LogP contribution in [0.25, 0.3) is 10.1 Å². The van der Waals surface area contributed by atoms with Crippen LogP contribution in [-0.4, -0.2) is 62.0 Å². The Morgan fingerprint density at radius 3 is 2.97 bits per heavy atom. The number of nitrogen functional groups attached to an aromatic ring is 1. The third kappa shape index (κ3) is 4.21. The van der Waals surface area contributed by atoms with Gasteiger partial charge in [-0.1, -0.05) is 5.16 Å². The first-order valence-electron chi connectivity index (χ1n) is 10.1. The number of nitrogens with two attached hydrogens (primary N) is 1. The van der Waals surface area contributed by atoms with Crippen molar-refractivity contribution in [3.8, 4) is 0 Å². The third-order valence-corrected chi connectivity index (χ3v) is 8.16. The summed E-state index contributed by atoms with van der Waals surface area (Å²) in [5, 5.41) is 20.9. The smallest absolute Gasteiger partial charge is 0.278 e. The van der Waals surface area contributed by atoms with Gasteiger partial charge in [-0.15, -0.1) is 23.1 Å². The zero-order valence-corrected chi connectivity index (χ0v) is 20.5. The molecule has 180 valence electrons. The van der Waals surface area contributed by atoms with E-state index < -0.39 is 29.2 Å². The van der Waals surface area contributed by atoms with E-state index >= 15 is 0 Å². The molecule has 2 atom stereocenters. The summed E-state index contributed by atoms with van der Waals surface area (Å²) in [7, 11) is 1.25. The SMILES string of the molecule is CON=C(C(=O)NC1C(=O)N2C(C(=O)[O-])=C(C[n+]3ccc4ccsc4c3)CS[C@@H]12)c1nsc(N)n1. The molecular weight excluding hydrogens is 514 g/mol. The predicted molar refractivity (Wildman–Crippen MR) is 127 cm³/mol. The number of carbonyl (C=O) groups is 3. The van der Waals surface area contributed by atoms with Crippen LogP contribution in [0, 0.1) is 0 Å². The number of anilines is 1. The van der Waals surface area contributed by atoms with Gasteiger partial charge in [-0.25, -0.2) is 0 Å². The molecule has 0 aliphatic carbocycles. The van der Waals surface area contributed by atoms with E-state index in [2.05, 4.69) is 19.8 Å². The number of aliphatic carboxylic acids is 1. The van der Waals surface area contributed by atoms with Crippen molar-refractivity contribution in [2.75, 3.05) is 18.6 Å². The largest absolute Gasteiger partial charge is 0.543 e. The second kappa shape index (κ2) is 9.24. The number of amides is 2. The lowest BCUT2D eigenvalue weighted by atomic mass is 10.0. The molecule has 3 aromatic rings. The van der Waals surface area contributed by atoms with Crippen molar-refractivity contribution in [1.29, 1.82) is 0 Å². The van der Waals surface area contributed by atoms with Gasteiger partial charge in [-0.2, -0.15) is 13.9 Å². The highest BCUT2D eigenvalue weighted by molar-refractivity contribution is 8.00. The average molecular weight is 532 g/mol. The molecule has 1 fully saturated rings. The number of carboxylic acids is 1. The number of thiophene rings is 1. The predicted octanol–water partition coefficient (Wildman–Crippen LogP) is -0.923. The molecule has 2 amide bonds. The van der Waals surface area contributed by atoms with Crippen LogP contribution in [-0.2, 0) is 25.8 Å². The number of pyridine rings is 1. The summed E-state index contributed by atoms with van der Waals surface area (Å²) < 4.78 is 6.89. The zero-order chi connectivity index (χ0) is 24.7. The van der Waals surface area contributed by atoms with Gasteiger partial charge in [0.05, 0.1) is 16.4 Å². The maximum Gasteiger partial charge on any atom is 0.278 e. The molecule has 35 heavy (non-hydrogen) atoms. The number of oxime groups is 1. The number of nitrogens with one attached hydrogen (secondary N) is 1. The van der Waals surface area contributed by atoms with E-state index in [-0.39, 0.29) is 22.4 Å². The molecule has 15 heteroatoms. The molecule has 1 unspecified atom stereocenters. The highest BCUT2D eigenvalue weighted by Crippen LogP contribution is 2.40. The molecule has 2 aliphatic heterocycles. The lowest BCUT2D eigenvalue weighted by Gasteiger charge is -2.50. The Bertz CT molecular complexity index is 1410. The number of rotatable bonds is 7. The van der Waals surface area contributed by atoms with Crippen molar-refractivity contribution in [3.63, 3.8) is 0 Å². The van der Waals surface area contributed by atoms with Gasteiger partial charge in [-0.3, -0.25) is 14.5 Å². The van der Waals surface area contributed by atoms with Gasteiger partial charge >= 0.3 is 0 Å². The van der Waals surface area contributed by atoms with Crippen molar-refractivity contribution in [2.45, 2.75) is 18.0 Å². The van der Waals surface area contributed by atoms with Crippen LogP contribution in [0.1, 0.15) is 5.82 Å². The third-order valence-electron chi connectivity index (χ3n) is 5.41. The summed E-state index contributed by atoms with van der Waals surface area (Å²) in [6, 6.07) is 3.00. The van der Waals surface area contributed by atoms with Gasteiger partial charge in [0.25, 0.3) is 11.8 Å². The molecule has 0 radical (unpaired) electrons. The molecule has 0 bridgehead atoms. The molecule has 2 aliphatic rings. The van der Waals surface area contributed by atoms with Crippen LogP contribution >= 0.6 is 34.6 Å². The number of fused-ring (bicyclic) bond motifs is 2. The van der Waals surface area contributed by atoms with Gasteiger partial charge < -0.3 is 25.8 Å². The van der Waals surface area contributed by atoms with Crippen LogP contribution in [0.15, 0.2) is 46.3 Å². The zero-order valence-electron chi connectivity index (χ0n) is 18.0. The van der Waals surface area contributed by atoms with E-state index in [4.69, 9.17) is 10.6 Å². The summed E-state index contributed by atoms with van der Waals surface area (Å²) in [6.07, 6.45) is 3.80. The van der Waals surface area contributed by atoms with E-state index in [9.17, 15) is 19.5 Å². The highest BCUT2D eigenvalue weighted by Gasteiger charge is 2.53. The minimum absolute atomic E-state index is 0.0379. The van der Waals surface area contributed by atoms with Crippen molar-refractivity contribution in [3.05, 3.63) is 47.0 Å². The standard InChI is InChI=1S/C20H17N7O5S3/c1-32-24-12(15-23-20(21)35-25-15)16(28)22-13-17(29)27-14(19(30)31)10(8-34-18(13)27)6-26-4-2-9-3-5-33-11(9)7-26/h2-5,7,13,18H,6,8H2,1H3,(H3-,21,22,23,25,28,30,31)/t13?,18-/m0/s1. The number of carboxylic acid groups (broad SMARTS) is 1. The second-order valence-corrected chi connectivity index (χ2v) is 10.4. The van der Waals surface area contributed by atoms with E-state index in [1.165, 1.54) is 23.8 Å². The van der Waals surface area contributed by atoms with E-state index in [0.717, 1.165) is 21.6 Å². The van der Waals surface area contributed by atoms with Crippen LogP contribution in [0.4, 0.5) is 5.13 Å². The highest BCUT2D eigenvalue weighted by atomic mass is 32.2. The monoisotopic (exact) mass is 531 g/mol. The Morgan fingerprint density at radius 2 is 2.26 bits per heavy atom. The van der Waals surface area contributed by atoms with Crippen molar-refractivity contribution < 1.29 is 28.9 Å². The topological polar surface area (TPSA) is 167 Å². The Labute approximate surface area is 210 Å². The van der Waals surface area contributed by atoms with Gasteiger partial charge in [0.1, 0.15) is 18.5 Å². The summed E-state index contributed by atoms with van der Waals surface area (Å²) in [4.78, 5) is 47.6. The number of hydrogen-bond acceptors (Lipinski definition) is 12. The lowest BCUT2D eigenvalue weighted by Crippen LogP contribution is -2.71. The minimum Gasteiger partial charge on any atom is -0.543 e. The number of carbonyl (C=O) groups excluding carboxylic acids is 3. The van der Waals surface area contributed by atoms with Crippen LogP contribution in [0.5, 0.6) is 0 Å². The first-order valence-corrected chi connectivity index (χ1v) is 12.8. The number of β-lactam (4-membered cyclic amide) rings is 1. The van der Waals surface area contributed by atoms with Gasteiger partial charge in [0.15, 0.2) is 24.1 Å². The molecule has 5 heterocycles. The fourth-order valence-electron chi connectivity index (χ4n) is 3.87. The molecule has 0 spiro atoms. The summed E-state index contributed by atoms with van der Waals surface area (Å²) in [5.74, 6) is -2.43. The summed E-state index contributed by atoms with van der Waals surface area (Å²) >= 11 is 3.82. The van der Waals surface area contributed by atoms with Gasteiger partial charge in [0.2, 0.25) is 11.5 Å². The fraction of sp³-hybridized carbons (Fsp3) is 0.250. The maximum atomic E-state index is 13.0. The van der Waals surface area contributed by atoms with Crippen LogP contribution < -0.4 is 20.7 Å². The number of hydrogen-bond donors (Lipinski definition) is 2. The van der Waals surface area contributed by atoms with E-state index in [1.54, 1.807) is 11.3 Å². The molecule has 3 aromatic heterocycles. The molecule has 0 saturated carbocycles. The molecule has 5 rings (SSSR count). The van der Waals surface area contributed by atoms with Crippen LogP contribution in [0.3, 0.4) is 0 Å². The average Bonchev–Trinajstić information content (AvgIpc) is 3.48. The van der Waals surface area contributed by atoms with Crippen LogP contribution in [0.2, 0.25) is 0 Å². The van der Waals surface area contributed by atoms with Crippen molar-refractivity contribution in [1.82, 2.24) is 19.6 Å². The van der Waals surface area contributed by atoms with E-state index in [0.29, 0.717) is 17.9 Å². The Kier molecular flexibility index (Phi) is 6.12. The Hall–Kier alpha value is -3.56. The Balaban J connectivity index is 1.36. The normalized spacial score (nSPS) is 20.0. The first-order chi connectivity index (χ1) is 16.9. The van der Waals surface area contributed by atoms with Gasteiger partial charge in [0, 0.05) is 34.3 Å². The summed E-state index contributed by atoms with van der Waals surface area (Å²) in [6.45, 7) is 0.291. The second-order valence-electron chi connectivity index (χ2n) is 7.54. The number of nitrogens with zero attached hydrogens (tertiary/aromatic N) is 5. The van der Waals surface area contributed by atoms with Gasteiger partial charge in [-0.05, 0) is 11.4 Å². The fourth-order valence-corrected chi connectivity index (χ4v) is 6.47. The molecule has 1 saturated heterocycles. The quantitative estimate of drug-likeness (QED) is 0.170. The first kappa shape index (κ1) is 23.2. The molecule has 0 aromatic carbocycles. The minimum atomic E-state index is -1.44. The molecular formula is C20H17N7O5S3. The number of aromatic nitrogens is 3. The maximum absolute atomic E-state index is 13.0. The summed E-state index contributed by atoms with van der Waals surface area (Å²) in [5.41, 5.74) is 5.72. The Morgan fingerprint density at radius 1 is 1.43 bits per heavy atom. The van der Waals surface area contributed by atoms with Crippen molar-refractivity contribution >= 4 is 73.3 Å². The van der Waals surface area contributed by atoms with E-state index in [1.807, 2.05) is 34.5 Å². The lowest BCUT2D eigenvalue weighted by molar-refractivity contribution is -0.687. The number of thioether (sulfide) groups is 1.